The van der Waals surface area contributed by atoms with Gasteiger partial charge in [0.2, 0.25) is 0 Å². The maximum Gasteiger partial charge on any atom is 0.264 e. The minimum atomic E-state index is -3.83. The van der Waals surface area contributed by atoms with Gasteiger partial charge in [-0.2, -0.15) is 0 Å². The number of benzene rings is 3. The van der Waals surface area contributed by atoms with Crippen molar-refractivity contribution in [2.24, 2.45) is 0 Å². The van der Waals surface area contributed by atoms with E-state index in [0.29, 0.717) is 17.4 Å². The van der Waals surface area contributed by atoms with Gasteiger partial charge in [0, 0.05) is 18.7 Å². The third-order valence-electron chi connectivity index (χ3n) is 6.41. The Morgan fingerprint density at radius 1 is 0.943 bits per heavy atom. The van der Waals surface area contributed by atoms with Gasteiger partial charge in [0.15, 0.2) is 0 Å². The van der Waals surface area contributed by atoms with Crippen LogP contribution < -0.4 is 14.9 Å². The molecular weight excluding hydrogens is 460 g/mol. The molecule has 1 aliphatic rings. The van der Waals surface area contributed by atoms with E-state index < -0.39 is 10.0 Å². The van der Waals surface area contributed by atoms with Crippen LogP contribution in [-0.4, -0.2) is 52.5 Å². The molecule has 0 radical (unpaired) electrons. The van der Waals surface area contributed by atoms with Crippen molar-refractivity contribution < 1.29 is 13.2 Å². The normalized spacial score (nSPS) is 14.9. The van der Waals surface area contributed by atoms with Crippen molar-refractivity contribution in [3.05, 3.63) is 83.9 Å². The van der Waals surface area contributed by atoms with Gasteiger partial charge in [0.05, 0.1) is 22.0 Å². The zero-order valence-corrected chi connectivity index (χ0v) is 21.2. The van der Waals surface area contributed by atoms with Crippen LogP contribution in [0.25, 0.3) is 0 Å². The molecule has 2 N–H and O–H groups in total. The molecule has 0 atom stereocenters. The summed E-state index contributed by atoms with van der Waals surface area (Å²) in [5.74, 6) is -0.363. The second kappa shape index (κ2) is 10.5. The topological polar surface area (TPSA) is 81.8 Å². The van der Waals surface area contributed by atoms with Gasteiger partial charge in [-0.3, -0.25) is 9.10 Å². The molecule has 0 spiro atoms. The molecule has 0 bridgehead atoms. The van der Waals surface area contributed by atoms with E-state index in [4.69, 9.17) is 0 Å². The zero-order chi connectivity index (χ0) is 25.0. The van der Waals surface area contributed by atoms with E-state index in [1.54, 1.807) is 24.3 Å². The highest BCUT2D eigenvalue weighted by atomic mass is 32.2. The summed E-state index contributed by atoms with van der Waals surface area (Å²) in [6.07, 6.45) is 2.07. The minimum absolute atomic E-state index is 0.0611. The van der Waals surface area contributed by atoms with Gasteiger partial charge in [-0.15, -0.1) is 0 Å². The third-order valence-corrected chi connectivity index (χ3v) is 8.19. The molecule has 3 aromatic rings. The standard InChI is InChI=1S/C27H32N4O3S/c1-20-11-13-23(14-12-20)31(3)35(33,34)24-8-6-7-21(19-24)27(32)29-26-10-5-4-9-25(26)28-22-15-17-30(2)18-16-22/h4-14,19,22,28H,15-18H2,1-3H3,(H,29,32). The first-order chi connectivity index (χ1) is 16.7. The number of amides is 1. The van der Waals surface area contributed by atoms with Crippen molar-refractivity contribution in [3.63, 3.8) is 0 Å². The van der Waals surface area contributed by atoms with Gasteiger partial charge in [0.1, 0.15) is 0 Å². The Morgan fingerprint density at radius 3 is 2.29 bits per heavy atom. The highest BCUT2D eigenvalue weighted by Gasteiger charge is 2.23. The van der Waals surface area contributed by atoms with E-state index in [-0.39, 0.29) is 16.4 Å². The van der Waals surface area contributed by atoms with Crippen LogP contribution in [0.2, 0.25) is 0 Å². The van der Waals surface area contributed by atoms with Crippen LogP contribution in [-0.2, 0) is 10.0 Å². The smallest absolute Gasteiger partial charge is 0.264 e. The molecule has 0 aliphatic carbocycles. The van der Waals surface area contributed by atoms with Crippen LogP contribution in [0.4, 0.5) is 17.1 Å². The molecule has 0 aromatic heterocycles. The second-order valence-electron chi connectivity index (χ2n) is 9.06. The quantitative estimate of drug-likeness (QED) is 0.505. The van der Waals surface area contributed by atoms with Crippen LogP contribution in [0.15, 0.2) is 77.7 Å². The minimum Gasteiger partial charge on any atom is -0.381 e. The van der Waals surface area contributed by atoms with Gasteiger partial charge < -0.3 is 15.5 Å². The van der Waals surface area contributed by atoms with Crippen molar-refractivity contribution in [2.45, 2.75) is 30.7 Å². The molecule has 1 fully saturated rings. The summed E-state index contributed by atoms with van der Waals surface area (Å²) in [5.41, 5.74) is 3.40. The van der Waals surface area contributed by atoms with Crippen LogP contribution >= 0.6 is 0 Å². The van der Waals surface area contributed by atoms with Crippen molar-refractivity contribution in [2.75, 3.05) is 42.1 Å². The molecule has 7 nitrogen and oxygen atoms in total. The molecule has 35 heavy (non-hydrogen) atoms. The number of likely N-dealkylation sites (tertiary alicyclic amines) is 1. The molecule has 1 saturated heterocycles. The number of hydrogen-bond acceptors (Lipinski definition) is 5. The molecule has 8 heteroatoms. The first-order valence-electron chi connectivity index (χ1n) is 11.7. The Hall–Kier alpha value is -3.36. The van der Waals surface area contributed by atoms with E-state index >= 15 is 0 Å². The highest BCUT2D eigenvalue weighted by Crippen LogP contribution is 2.26. The molecule has 1 aliphatic heterocycles. The molecule has 1 heterocycles. The lowest BCUT2D eigenvalue weighted by Gasteiger charge is -2.30. The van der Waals surface area contributed by atoms with Gasteiger partial charge in [0.25, 0.3) is 15.9 Å². The fourth-order valence-electron chi connectivity index (χ4n) is 4.13. The number of piperidine rings is 1. The van der Waals surface area contributed by atoms with Gasteiger partial charge in [-0.1, -0.05) is 35.9 Å². The SMILES string of the molecule is Cc1ccc(N(C)S(=O)(=O)c2cccc(C(=O)Nc3ccccc3NC3CCN(C)CC3)c2)cc1. The average Bonchev–Trinajstić information content (AvgIpc) is 2.86. The van der Waals surface area contributed by atoms with Crippen molar-refractivity contribution in [3.8, 4) is 0 Å². The molecule has 184 valence electrons. The summed E-state index contributed by atoms with van der Waals surface area (Å²) in [5, 5.41) is 6.51. The number of aryl methyl sites for hydroxylation is 1. The second-order valence-corrected chi connectivity index (χ2v) is 11.0. The first kappa shape index (κ1) is 24.8. The predicted octanol–water partition coefficient (Wildman–Crippen LogP) is 4.58. The highest BCUT2D eigenvalue weighted by molar-refractivity contribution is 7.92. The number of rotatable bonds is 7. The van der Waals surface area contributed by atoms with Crippen LogP contribution in [0.5, 0.6) is 0 Å². The largest absolute Gasteiger partial charge is 0.381 e. The van der Waals surface area contributed by atoms with Crippen molar-refractivity contribution in [1.29, 1.82) is 0 Å². The Morgan fingerprint density at radius 2 is 1.60 bits per heavy atom. The molecular formula is C27H32N4O3S. The summed E-state index contributed by atoms with van der Waals surface area (Å²) in [6.45, 7) is 4.01. The van der Waals surface area contributed by atoms with Gasteiger partial charge in [-0.25, -0.2) is 8.42 Å². The summed E-state index contributed by atoms with van der Waals surface area (Å²) in [7, 11) is -0.195. The Labute approximate surface area is 207 Å². The number of hydrogen-bond donors (Lipinski definition) is 2. The van der Waals surface area contributed by atoms with E-state index in [2.05, 4.69) is 22.6 Å². The van der Waals surface area contributed by atoms with Gasteiger partial charge in [-0.05, 0) is 82.4 Å². The van der Waals surface area contributed by atoms with Crippen LogP contribution in [0.3, 0.4) is 0 Å². The summed E-state index contributed by atoms with van der Waals surface area (Å²) < 4.78 is 27.7. The molecule has 0 saturated carbocycles. The maximum absolute atomic E-state index is 13.2. The zero-order valence-electron chi connectivity index (χ0n) is 20.4. The Balaban J connectivity index is 1.51. The number of nitrogens with zero attached hydrogens (tertiary/aromatic N) is 2. The molecule has 4 rings (SSSR count). The van der Waals surface area contributed by atoms with E-state index in [9.17, 15) is 13.2 Å². The van der Waals surface area contributed by atoms with Crippen LogP contribution in [0, 0.1) is 6.92 Å². The lowest BCUT2D eigenvalue weighted by atomic mass is 10.0. The molecule has 0 unspecified atom stereocenters. The van der Waals surface area contributed by atoms with E-state index in [1.165, 1.54) is 23.5 Å². The van der Waals surface area contributed by atoms with E-state index in [1.807, 2.05) is 43.3 Å². The fraction of sp³-hybridized carbons (Fsp3) is 0.296. The summed E-state index contributed by atoms with van der Waals surface area (Å²) in [6, 6.07) is 21.3. The monoisotopic (exact) mass is 492 g/mol. The third kappa shape index (κ3) is 5.83. The Kier molecular flexibility index (Phi) is 7.42. The number of carbonyl (C=O) groups is 1. The fourth-order valence-corrected chi connectivity index (χ4v) is 5.38. The van der Waals surface area contributed by atoms with Crippen LogP contribution in [0.1, 0.15) is 28.8 Å². The van der Waals surface area contributed by atoms with Gasteiger partial charge >= 0.3 is 0 Å². The van der Waals surface area contributed by atoms with Crippen molar-refractivity contribution in [1.82, 2.24) is 4.90 Å². The summed E-state index contributed by atoms with van der Waals surface area (Å²) >= 11 is 0. The predicted molar refractivity (Wildman–Crippen MR) is 142 cm³/mol. The first-order valence-corrected chi connectivity index (χ1v) is 13.2. The maximum atomic E-state index is 13.2. The van der Waals surface area contributed by atoms with E-state index in [0.717, 1.165) is 37.2 Å². The summed E-state index contributed by atoms with van der Waals surface area (Å²) in [4.78, 5) is 15.5. The number of carbonyl (C=O) groups excluding carboxylic acids is 1. The number of sulfonamides is 1. The lowest BCUT2D eigenvalue weighted by Crippen LogP contribution is -2.36. The number of nitrogens with one attached hydrogen (secondary N) is 2. The number of anilines is 3. The van der Waals surface area contributed by atoms with Crippen molar-refractivity contribution >= 4 is 33.0 Å². The molecule has 3 aromatic carbocycles. The Bertz CT molecular complexity index is 1280. The molecule has 1 amide bonds. The number of para-hydroxylation sites is 2. The average molecular weight is 493 g/mol. The lowest BCUT2D eigenvalue weighted by molar-refractivity contribution is 0.102.